The highest BCUT2D eigenvalue weighted by atomic mass is 32.1. The minimum Gasteiger partial charge on any atom is -0.491 e. The zero-order valence-corrected chi connectivity index (χ0v) is 24.1. The summed E-state index contributed by atoms with van der Waals surface area (Å²) in [6.07, 6.45) is 4.72. The third-order valence-corrected chi connectivity index (χ3v) is 8.30. The topological polar surface area (TPSA) is 111 Å². The molecule has 3 N–H and O–H groups in total. The minimum atomic E-state index is -0.0581. The van der Waals surface area contributed by atoms with Crippen LogP contribution in [0.5, 0.6) is 5.75 Å². The van der Waals surface area contributed by atoms with Gasteiger partial charge in [0.2, 0.25) is 0 Å². The molecule has 3 aromatic carbocycles. The van der Waals surface area contributed by atoms with Crippen LogP contribution in [0, 0.1) is 0 Å². The first-order valence-corrected chi connectivity index (χ1v) is 15.0. The number of nitrogens with one attached hydrogen (secondary N) is 1. The molecule has 6 rings (SSSR count). The van der Waals surface area contributed by atoms with Crippen molar-refractivity contribution in [2.75, 3.05) is 32.8 Å². The summed E-state index contributed by atoms with van der Waals surface area (Å²) in [5.41, 5.74) is 11.4. The smallest absolute Gasteiger partial charge is 0.317 e. The fourth-order valence-electron chi connectivity index (χ4n) is 4.94. The number of nitrogens with zero attached hydrogens (tertiary/aromatic N) is 5. The predicted molar refractivity (Wildman–Crippen MR) is 166 cm³/mol. The number of urea groups is 1. The Morgan fingerprint density at radius 3 is 2.50 bits per heavy atom. The van der Waals surface area contributed by atoms with Crippen molar-refractivity contribution in [1.82, 2.24) is 30.2 Å². The highest BCUT2D eigenvalue weighted by Gasteiger charge is 2.21. The number of aryl methyl sites for hydroxylation is 1. The van der Waals surface area contributed by atoms with E-state index < -0.39 is 0 Å². The monoisotopic (exact) mass is 579 g/mol. The highest BCUT2D eigenvalue weighted by molar-refractivity contribution is 7.19. The van der Waals surface area contributed by atoms with Gasteiger partial charge in [-0.2, -0.15) is 0 Å². The van der Waals surface area contributed by atoms with Crippen LogP contribution in [0.1, 0.15) is 18.5 Å². The number of thiazole rings is 1. The summed E-state index contributed by atoms with van der Waals surface area (Å²) in [5.74, 6) is 0.681. The van der Waals surface area contributed by atoms with E-state index in [4.69, 9.17) is 15.5 Å². The van der Waals surface area contributed by atoms with Gasteiger partial charge in [-0.1, -0.05) is 65.9 Å². The van der Waals surface area contributed by atoms with Gasteiger partial charge >= 0.3 is 6.03 Å². The average molecular weight is 580 g/mol. The van der Waals surface area contributed by atoms with Gasteiger partial charge in [-0.3, -0.25) is 0 Å². The number of ether oxygens (including phenoxy) is 1. The fourth-order valence-corrected chi connectivity index (χ4v) is 6.06. The normalized spacial score (nSPS) is 13.0. The molecule has 214 valence electrons. The third-order valence-electron chi connectivity index (χ3n) is 7.16. The first kappa shape index (κ1) is 27.6. The number of hydrogen-bond acceptors (Lipinski definition) is 7. The second-order valence-corrected chi connectivity index (χ2v) is 11.1. The van der Waals surface area contributed by atoms with Gasteiger partial charge in [-0.15, -0.1) is 16.4 Å². The Labute approximate surface area is 249 Å². The maximum atomic E-state index is 12.1. The van der Waals surface area contributed by atoms with Gasteiger partial charge in [0, 0.05) is 24.7 Å². The van der Waals surface area contributed by atoms with Gasteiger partial charge in [0.1, 0.15) is 17.4 Å². The summed E-state index contributed by atoms with van der Waals surface area (Å²) in [6.45, 7) is 2.85. The lowest BCUT2D eigenvalue weighted by molar-refractivity contribution is 0.203. The van der Waals surface area contributed by atoms with Crippen LogP contribution in [0.25, 0.3) is 38.0 Å². The number of aromatic nitrogens is 4. The van der Waals surface area contributed by atoms with Crippen LogP contribution in [-0.4, -0.2) is 63.7 Å². The molecule has 1 aliphatic rings. The first-order valence-electron chi connectivity index (χ1n) is 14.2. The molecule has 5 aromatic rings. The molecule has 0 bridgehead atoms. The Hall–Kier alpha value is -4.54. The van der Waals surface area contributed by atoms with Crippen molar-refractivity contribution in [1.29, 1.82) is 0 Å². The van der Waals surface area contributed by atoms with Gasteiger partial charge in [0.05, 0.1) is 40.3 Å². The van der Waals surface area contributed by atoms with Gasteiger partial charge in [-0.25, -0.2) is 14.5 Å². The number of carbonyl (C=O) groups excluding carboxylic acids is 1. The van der Waals surface area contributed by atoms with Crippen molar-refractivity contribution in [3.05, 3.63) is 90.8 Å². The Bertz CT molecular complexity index is 1580. The zero-order valence-electron chi connectivity index (χ0n) is 23.3. The van der Waals surface area contributed by atoms with Crippen LogP contribution < -0.4 is 15.8 Å². The number of rotatable bonds is 12. The largest absolute Gasteiger partial charge is 0.491 e. The van der Waals surface area contributed by atoms with Crippen molar-refractivity contribution in [3.63, 3.8) is 0 Å². The molecule has 2 aromatic heterocycles. The van der Waals surface area contributed by atoms with E-state index in [9.17, 15) is 4.79 Å². The lowest BCUT2D eigenvalue weighted by atomic mass is 10.1. The summed E-state index contributed by atoms with van der Waals surface area (Å²) in [6, 6.07) is 26.5. The zero-order chi connectivity index (χ0) is 28.7. The Balaban J connectivity index is 1.36. The Morgan fingerprint density at radius 2 is 1.76 bits per heavy atom. The van der Waals surface area contributed by atoms with Gasteiger partial charge in [-0.05, 0) is 43.5 Å². The van der Waals surface area contributed by atoms with Crippen molar-refractivity contribution in [2.45, 2.75) is 19.3 Å². The molecule has 0 atom stereocenters. The molecule has 0 aliphatic carbocycles. The second-order valence-electron chi connectivity index (χ2n) is 10.1. The molecular weight excluding hydrogens is 546 g/mol. The van der Waals surface area contributed by atoms with Crippen LogP contribution in [-0.2, 0) is 6.42 Å². The molecule has 1 saturated heterocycles. The van der Waals surface area contributed by atoms with E-state index in [1.807, 2.05) is 60.8 Å². The summed E-state index contributed by atoms with van der Waals surface area (Å²) < 4.78 is 8.15. The van der Waals surface area contributed by atoms with Gasteiger partial charge in [0.15, 0.2) is 0 Å². The van der Waals surface area contributed by atoms with Crippen molar-refractivity contribution < 1.29 is 9.53 Å². The predicted octanol–water partition coefficient (Wildman–Crippen LogP) is 5.41. The molecule has 1 fully saturated rings. The van der Waals surface area contributed by atoms with E-state index in [0.717, 1.165) is 62.9 Å². The maximum absolute atomic E-state index is 12.1. The third kappa shape index (κ3) is 6.19. The first-order chi connectivity index (χ1) is 20.7. The molecule has 2 amide bonds. The highest BCUT2D eigenvalue weighted by Crippen LogP contribution is 2.43. The summed E-state index contributed by atoms with van der Waals surface area (Å²) >= 11 is 1.64. The van der Waals surface area contributed by atoms with Crippen LogP contribution in [0.2, 0.25) is 0 Å². The Kier molecular flexibility index (Phi) is 8.53. The van der Waals surface area contributed by atoms with Crippen molar-refractivity contribution in [3.8, 4) is 43.7 Å². The van der Waals surface area contributed by atoms with E-state index >= 15 is 0 Å². The van der Waals surface area contributed by atoms with Crippen molar-refractivity contribution in [2.24, 2.45) is 5.73 Å². The number of unbranched alkanes of at least 4 members (excludes halogenated alkanes) is 1. The average Bonchev–Trinajstić information content (AvgIpc) is 3.79. The molecule has 0 unspecified atom stereocenters. The molecule has 42 heavy (non-hydrogen) atoms. The van der Waals surface area contributed by atoms with E-state index in [0.29, 0.717) is 38.5 Å². The molecule has 1 aliphatic heterocycles. The fraction of sp³-hybridized carbons (Fsp3) is 0.250. The molecular formula is C32H33N7O2S. The van der Waals surface area contributed by atoms with Crippen LogP contribution in [0.3, 0.4) is 0 Å². The second kappa shape index (κ2) is 13.0. The summed E-state index contributed by atoms with van der Waals surface area (Å²) in [5, 5.41) is 12.4. The van der Waals surface area contributed by atoms with E-state index in [2.05, 4.69) is 39.9 Å². The number of benzene rings is 3. The van der Waals surface area contributed by atoms with Crippen LogP contribution in [0.15, 0.2) is 85.1 Å². The molecule has 0 saturated carbocycles. The molecule has 9 nitrogen and oxygen atoms in total. The van der Waals surface area contributed by atoms with Gasteiger partial charge < -0.3 is 20.7 Å². The molecule has 0 spiro atoms. The quantitative estimate of drug-likeness (QED) is 0.191. The lowest BCUT2D eigenvalue weighted by Gasteiger charge is -2.16. The SMILES string of the molecule is NCCCCc1cn(-c2ccc(-c3nc(-c4ccccc4)c(-c4ccccc4)s3)c(OCCN3CCNC3=O)c2)nn1. The van der Waals surface area contributed by atoms with E-state index in [1.54, 1.807) is 20.9 Å². The Morgan fingerprint density at radius 1 is 0.976 bits per heavy atom. The molecule has 10 heteroatoms. The number of carbonyl (C=O) groups is 1. The van der Waals surface area contributed by atoms with Gasteiger partial charge in [0.25, 0.3) is 0 Å². The maximum Gasteiger partial charge on any atom is 0.317 e. The number of nitrogens with two attached hydrogens (primary N) is 1. The van der Waals surface area contributed by atoms with Crippen LogP contribution in [0.4, 0.5) is 4.79 Å². The van der Waals surface area contributed by atoms with E-state index in [1.165, 1.54) is 0 Å². The minimum absolute atomic E-state index is 0.0581. The number of amides is 2. The molecule has 0 radical (unpaired) electrons. The number of hydrogen-bond donors (Lipinski definition) is 2. The van der Waals surface area contributed by atoms with Crippen LogP contribution >= 0.6 is 11.3 Å². The summed E-state index contributed by atoms with van der Waals surface area (Å²) in [7, 11) is 0. The lowest BCUT2D eigenvalue weighted by Crippen LogP contribution is -2.31. The summed E-state index contributed by atoms with van der Waals surface area (Å²) in [4.78, 5) is 20.1. The molecule has 3 heterocycles. The van der Waals surface area contributed by atoms with Crippen molar-refractivity contribution >= 4 is 17.4 Å². The standard InChI is InChI=1S/C32H33N7O2S/c33-16-8-7-13-25-22-39(37-36-25)26-14-15-27(28(21-26)41-20-19-38-18-17-34-32(38)40)31-35-29(23-9-3-1-4-10-23)30(42-31)24-11-5-2-6-12-24/h1-6,9-12,14-15,21-22H,7-8,13,16-20,33H2,(H,34,40). The van der Waals surface area contributed by atoms with E-state index in [-0.39, 0.29) is 6.03 Å².